The second-order valence-corrected chi connectivity index (χ2v) is 9.44. The highest BCUT2D eigenvalue weighted by Gasteiger charge is 2.42. The second-order valence-electron chi connectivity index (χ2n) is 9.44. The molecule has 7 heteroatoms. The Hall–Kier alpha value is -3.35. The average molecular weight is 452 g/mol. The number of anilines is 2. The molecule has 33 heavy (non-hydrogen) atoms. The van der Waals surface area contributed by atoms with Gasteiger partial charge >= 0.3 is 0 Å². The molecule has 3 rings (SSSR count). The van der Waals surface area contributed by atoms with Gasteiger partial charge in [0.1, 0.15) is 12.3 Å². The fraction of sp³-hybridized carbons (Fsp3) is 0.423. The van der Waals surface area contributed by atoms with Crippen molar-refractivity contribution in [3.05, 3.63) is 53.6 Å². The highest BCUT2D eigenvalue weighted by molar-refractivity contribution is 6.08. The zero-order chi connectivity index (χ0) is 24.4. The van der Waals surface area contributed by atoms with E-state index in [1.165, 1.54) is 4.90 Å². The molecule has 1 heterocycles. The number of aryl methyl sites for hydroxylation is 1. The Morgan fingerprint density at radius 1 is 1.09 bits per heavy atom. The summed E-state index contributed by atoms with van der Waals surface area (Å²) in [5.41, 5.74) is 1.03. The van der Waals surface area contributed by atoms with Crippen LogP contribution in [0.1, 0.15) is 63.9 Å². The van der Waals surface area contributed by atoms with E-state index in [0.29, 0.717) is 17.0 Å². The van der Waals surface area contributed by atoms with Crippen LogP contribution in [-0.4, -0.2) is 35.4 Å². The summed E-state index contributed by atoms with van der Waals surface area (Å²) in [6.07, 6.45) is 1.54. The van der Waals surface area contributed by atoms with E-state index in [4.69, 9.17) is 4.74 Å². The molecule has 3 amide bonds. The summed E-state index contributed by atoms with van der Waals surface area (Å²) in [6, 6.07) is 12.5. The van der Waals surface area contributed by atoms with E-state index in [-0.39, 0.29) is 29.8 Å². The largest absolute Gasteiger partial charge is 0.476 e. The maximum atomic E-state index is 13.2. The zero-order valence-corrected chi connectivity index (χ0v) is 20.2. The number of benzene rings is 2. The summed E-state index contributed by atoms with van der Waals surface area (Å²) in [5, 5.41) is 5.91. The Labute approximate surface area is 195 Å². The van der Waals surface area contributed by atoms with Gasteiger partial charge in [0.25, 0.3) is 11.8 Å². The molecule has 0 bridgehead atoms. The summed E-state index contributed by atoms with van der Waals surface area (Å²) in [6.45, 7) is 11.1. The Bertz CT molecular complexity index is 1070. The first-order valence-electron chi connectivity index (χ1n) is 11.3. The molecule has 0 atom stereocenters. The predicted molar refractivity (Wildman–Crippen MR) is 130 cm³/mol. The first-order chi connectivity index (χ1) is 15.5. The first kappa shape index (κ1) is 24.3. The predicted octanol–water partition coefficient (Wildman–Crippen LogP) is 4.31. The quantitative estimate of drug-likeness (QED) is 0.657. The number of nitrogens with one attached hydrogen (secondary N) is 2. The van der Waals surface area contributed by atoms with Gasteiger partial charge in [-0.15, -0.1) is 0 Å². The molecule has 0 aliphatic carbocycles. The molecular weight excluding hydrogens is 418 g/mol. The van der Waals surface area contributed by atoms with Crippen molar-refractivity contribution in [2.75, 3.05) is 16.8 Å². The maximum Gasteiger partial charge on any atom is 0.271 e. The van der Waals surface area contributed by atoms with Crippen LogP contribution in [0, 0.1) is 0 Å². The SMILES string of the molecule is CCc1ccccc1NC(=O)CN1C(=O)C(C)(C)Oc2ccc(C(=O)NC(C)(C)CC)cc21. The number of nitrogens with zero attached hydrogens (tertiary/aromatic N) is 1. The van der Waals surface area contributed by atoms with Gasteiger partial charge < -0.3 is 15.4 Å². The molecule has 7 nitrogen and oxygen atoms in total. The fourth-order valence-electron chi connectivity index (χ4n) is 3.62. The highest BCUT2D eigenvalue weighted by atomic mass is 16.5. The van der Waals surface area contributed by atoms with Gasteiger partial charge in [0.15, 0.2) is 5.60 Å². The van der Waals surface area contributed by atoms with Crippen LogP contribution < -0.4 is 20.3 Å². The number of carbonyl (C=O) groups excluding carboxylic acids is 3. The Morgan fingerprint density at radius 3 is 2.45 bits per heavy atom. The van der Waals surface area contributed by atoms with Gasteiger partial charge in [-0.05, 0) is 70.4 Å². The molecule has 2 aromatic rings. The van der Waals surface area contributed by atoms with Crippen LogP contribution in [-0.2, 0) is 16.0 Å². The average Bonchev–Trinajstić information content (AvgIpc) is 2.76. The Morgan fingerprint density at radius 2 is 1.79 bits per heavy atom. The smallest absolute Gasteiger partial charge is 0.271 e. The number of rotatable bonds is 7. The molecule has 0 saturated carbocycles. The minimum absolute atomic E-state index is 0.192. The van der Waals surface area contributed by atoms with E-state index >= 15 is 0 Å². The lowest BCUT2D eigenvalue weighted by molar-refractivity contribution is -0.133. The van der Waals surface area contributed by atoms with E-state index in [1.807, 2.05) is 52.0 Å². The van der Waals surface area contributed by atoms with Gasteiger partial charge in [0, 0.05) is 16.8 Å². The van der Waals surface area contributed by atoms with Crippen LogP contribution in [0.15, 0.2) is 42.5 Å². The monoisotopic (exact) mass is 451 g/mol. The Kier molecular flexibility index (Phi) is 6.81. The summed E-state index contributed by atoms with van der Waals surface area (Å²) in [4.78, 5) is 40.3. The third kappa shape index (κ3) is 5.35. The van der Waals surface area contributed by atoms with Crippen molar-refractivity contribution in [2.45, 2.75) is 65.5 Å². The van der Waals surface area contributed by atoms with Gasteiger partial charge in [-0.25, -0.2) is 0 Å². The lowest BCUT2D eigenvalue weighted by atomic mass is 10.00. The normalized spacial score (nSPS) is 14.8. The molecule has 0 spiro atoms. The van der Waals surface area contributed by atoms with Crippen LogP contribution in [0.25, 0.3) is 0 Å². The molecule has 0 fully saturated rings. The number of para-hydroxylation sites is 1. The van der Waals surface area contributed by atoms with E-state index in [9.17, 15) is 14.4 Å². The molecule has 0 aromatic heterocycles. The number of hydrogen-bond acceptors (Lipinski definition) is 4. The molecule has 1 aliphatic heterocycles. The lowest BCUT2D eigenvalue weighted by Crippen LogP contribution is -2.54. The Balaban J connectivity index is 1.90. The van der Waals surface area contributed by atoms with E-state index in [0.717, 1.165) is 24.1 Å². The minimum atomic E-state index is -1.14. The van der Waals surface area contributed by atoms with Crippen molar-refractivity contribution in [1.82, 2.24) is 5.32 Å². The van der Waals surface area contributed by atoms with Crippen LogP contribution >= 0.6 is 0 Å². The number of fused-ring (bicyclic) bond motifs is 1. The molecule has 0 saturated heterocycles. The van der Waals surface area contributed by atoms with Crippen molar-refractivity contribution in [3.63, 3.8) is 0 Å². The van der Waals surface area contributed by atoms with Crippen molar-refractivity contribution in [3.8, 4) is 5.75 Å². The van der Waals surface area contributed by atoms with E-state index in [2.05, 4.69) is 10.6 Å². The van der Waals surface area contributed by atoms with Crippen LogP contribution in [0.4, 0.5) is 11.4 Å². The van der Waals surface area contributed by atoms with Crippen LogP contribution in [0.5, 0.6) is 5.75 Å². The number of carbonyl (C=O) groups is 3. The van der Waals surface area contributed by atoms with Crippen molar-refractivity contribution >= 4 is 29.1 Å². The standard InChI is InChI=1S/C26H33N3O4/c1-7-17-11-9-10-12-19(17)27-22(30)16-29-20-15-18(23(31)28-25(3,4)8-2)13-14-21(20)33-26(5,6)24(29)32/h9-15H,7-8,16H2,1-6H3,(H,27,30)(H,28,31). The van der Waals surface area contributed by atoms with Crippen LogP contribution in [0.3, 0.4) is 0 Å². The maximum absolute atomic E-state index is 13.2. The molecule has 0 unspecified atom stereocenters. The molecule has 0 radical (unpaired) electrons. The highest BCUT2D eigenvalue weighted by Crippen LogP contribution is 2.38. The van der Waals surface area contributed by atoms with E-state index < -0.39 is 5.60 Å². The van der Waals surface area contributed by atoms with Gasteiger partial charge in [-0.3, -0.25) is 19.3 Å². The molecule has 1 aliphatic rings. The van der Waals surface area contributed by atoms with Gasteiger partial charge in [0.2, 0.25) is 5.91 Å². The number of ether oxygens (including phenoxy) is 1. The summed E-state index contributed by atoms with van der Waals surface area (Å²) < 4.78 is 5.90. The summed E-state index contributed by atoms with van der Waals surface area (Å²) >= 11 is 0. The third-order valence-electron chi connectivity index (χ3n) is 5.95. The fourth-order valence-corrected chi connectivity index (χ4v) is 3.62. The zero-order valence-electron chi connectivity index (χ0n) is 20.2. The topological polar surface area (TPSA) is 87.7 Å². The first-order valence-corrected chi connectivity index (χ1v) is 11.3. The third-order valence-corrected chi connectivity index (χ3v) is 5.95. The second kappa shape index (κ2) is 9.25. The molecule has 176 valence electrons. The van der Waals surface area contributed by atoms with Crippen molar-refractivity contribution in [1.29, 1.82) is 0 Å². The van der Waals surface area contributed by atoms with Crippen molar-refractivity contribution < 1.29 is 19.1 Å². The minimum Gasteiger partial charge on any atom is -0.476 e. The lowest BCUT2D eigenvalue weighted by Gasteiger charge is -2.38. The van der Waals surface area contributed by atoms with E-state index in [1.54, 1.807) is 32.0 Å². The molecule has 2 N–H and O–H groups in total. The number of amides is 3. The summed E-state index contributed by atoms with van der Waals surface area (Å²) in [7, 11) is 0. The van der Waals surface area contributed by atoms with Gasteiger partial charge in [0.05, 0.1) is 5.69 Å². The van der Waals surface area contributed by atoms with Crippen LogP contribution in [0.2, 0.25) is 0 Å². The van der Waals surface area contributed by atoms with Crippen molar-refractivity contribution in [2.24, 2.45) is 0 Å². The van der Waals surface area contributed by atoms with Gasteiger partial charge in [-0.1, -0.05) is 32.0 Å². The molecule has 2 aromatic carbocycles. The number of hydrogen-bond donors (Lipinski definition) is 2. The van der Waals surface area contributed by atoms with Gasteiger partial charge in [-0.2, -0.15) is 0 Å². The molecular formula is C26H33N3O4. The summed E-state index contributed by atoms with van der Waals surface area (Å²) in [5.74, 6) is -0.467.